The first-order chi connectivity index (χ1) is 40.0. The monoisotopic (exact) mass is 1160 g/mol. The van der Waals surface area contributed by atoms with Crippen LogP contribution in [0, 0.1) is 5.41 Å². The van der Waals surface area contributed by atoms with Crippen molar-refractivity contribution in [2.24, 2.45) is 54.7 Å². The summed E-state index contributed by atoms with van der Waals surface area (Å²) < 4.78 is 10.6. The number of nitrogens with one attached hydrogen (secondary N) is 10. The Morgan fingerprint density at radius 2 is 0.917 bits per heavy atom. The van der Waals surface area contributed by atoms with Gasteiger partial charge >= 0.3 is 0 Å². The molecule has 84 heavy (non-hydrogen) atoms. The molecule has 31 heteroatoms. The summed E-state index contributed by atoms with van der Waals surface area (Å²) >= 11 is 0. The molecule has 10 N–H and O–H groups in total. The van der Waals surface area contributed by atoms with Crippen molar-refractivity contribution < 1.29 is 47.9 Å². The van der Waals surface area contributed by atoms with Crippen LogP contribution in [0.15, 0.2) is 67.8 Å². The lowest BCUT2D eigenvalue weighted by molar-refractivity contribution is -0.121. The van der Waals surface area contributed by atoms with E-state index in [-0.39, 0.29) is 103 Å². The molecule has 442 valence electrons. The van der Waals surface area contributed by atoms with E-state index in [0.717, 1.165) is 6.42 Å². The third-order valence-electron chi connectivity index (χ3n) is 13.5. The zero-order valence-corrected chi connectivity index (χ0v) is 47.4. The van der Waals surface area contributed by atoms with Gasteiger partial charge in [0.25, 0.3) is 35.4 Å². The number of aromatic nitrogens is 11. The number of aryl methyl sites for hydroxylation is 7. The summed E-state index contributed by atoms with van der Waals surface area (Å²) in [5.41, 5.74) is 0.977. The molecule has 0 radical (unpaired) electrons. The largest absolute Gasteiger partial charge is 0.350 e. The summed E-state index contributed by atoms with van der Waals surface area (Å²) in [6, 6.07) is 4.53. The number of amides is 10. The second-order valence-electron chi connectivity index (χ2n) is 20.4. The average molecular weight is 1160 g/mol. The first-order valence-corrected chi connectivity index (χ1v) is 26.5. The fourth-order valence-electron chi connectivity index (χ4n) is 8.85. The molecule has 0 saturated heterocycles. The Morgan fingerprint density at radius 1 is 0.440 bits per heavy atom. The zero-order chi connectivity index (χ0) is 60.6. The van der Waals surface area contributed by atoms with Gasteiger partial charge < -0.3 is 85.1 Å². The van der Waals surface area contributed by atoms with Crippen molar-refractivity contribution >= 4 is 99.4 Å². The third-order valence-corrected chi connectivity index (χ3v) is 13.5. The molecule has 7 aromatic rings. The summed E-state index contributed by atoms with van der Waals surface area (Å²) in [6.45, 7) is 2.53. The Labute approximate surface area is 479 Å². The Morgan fingerprint density at radius 3 is 1.48 bits per heavy atom. The van der Waals surface area contributed by atoms with E-state index in [1.807, 2.05) is 6.92 Å². The molecule has 0 bridgehead atoms. The van der Waals surface area contributed by atoms with Crippen LogP contribution in [0.4, 0.5) is 40.3 Å². The summed E-state index contributed by atoms with van der Waals surface area (Å²) in [5, 5.41) is 27.1. The molecule has 0 aliphatic heterocycles. The average Bonchev–Trinajstić information content (AvgIpc) is 4.19. The highest BCUT2D eigenvalue weighted by molar-refractivity contribution is 6.06. The van der Waals surface area contributed by atoms with Gasteiger partial charge in [-0.15, -0.1) is 0 Å². The first-order valence-electron chi connectivity index (χ1n) is 26.5. The van der Waals surface area contributed by atoms with E-state index in [1.54, 1.807) is 89.3 Å². The summed E-state index contributed by atoms with van der Waals surface area (Å²) in [5.74, 6) is -3.73. The van der Waals surface area contributed by atoms with Crippen molar-refractivity contribution in [2.45, 2.75) is 51.9 Å². The lowest BCUT2D eigenvalue weighted by atomic mass is 10.0. The lowest BCUT2D eigenvalue weighted by Gasteiger charge is -2.15. The van der Waals surface area contributed by atoms with Crippen LogP contribution in [0.3, 0.4) is 0 Å². The van der Waals surface area contributed by atoms with E-state index in [4.69, 9.17) is 0 Å². The Bertz CT molecular complexity index is 3710. The third kappa shape index (κ3) is 14.8. The van der Waals surface area contributed by atoms with Crippen LogP contribution in [-0.4, -0.2) is 131 Å². The van der Waals surface area contributed by atoms with Crippen LogP contribution in [0.1, 0.15) is 115 Å². The van der Waals surface area contributed by atoms with Crippen molar-refractivity contribution in [1.29, 1.82) is 0 Å². The summed E-state index contributed by atoms with van der Waals surface area (Å²) in [6.07, 6.45) is 13.9. The number of hydrogen-bond acceptors (Lipinski definition) is 14. The predicted molar refractivity (Wildman–Crippen MR) is 305 cm³/mol. The number of imidazole rings is 4. The standard InChI is InChI=1S/C53H65N21O10/c1-9-15-55-49(81)44-65-37(28-73(44)7)66-48(80)34-19-30(23-70(34)4)58-41(77)12-16-56-50(82)45-63-36(27-72(45)6)62-42(78)22-53(13-14-53)29-57-47(79)33-20-31(24-69(33)3)59-52(84)46-64-35(26-74(46)8)61-39(75)10-11-40(76)67-38-21-32(25-71(38)5)60-51(83)43-54-17-18-68(43)2/h17-21,23-28H,9-16,22,29H2,1-8H3,(H,55,81)(H,56,82)(H,57,79)(H,58,77)(H,59,84)(H,60,83)(H,61,75)(H,62,78)(H,66,80)(H,67,76). The molecule has 1 fully saturated rings. The van der Waals surface area contributed by atoms with Gasteiger partial charge in [-0.05, 0) is 36.8 Å². The highest BCUT2D eigenvalue weighted by Crippen LogP contribution is 2.48. The first kappa shape index (κ1) is 59.5. The molecule has 1 aliphatic rings. The number of rotatable bonds is 25. The molecular formula is C53H65N21O10. The summed E-state index contributed by atoms with van der Waals surface area (Å²) in [7, 11) is 11.4. The van der Waals surface area contributed by atoms with Gasteiger partial charge in [-0.3, -0.25) is 47.9 Å². The molecule has 7 aromatic heterocycles. The SMILES string of the molecule is CCCNC(=O)c1nc(NC(=O)c2cc(NC(=O)CCNC(=O)c3nc(NC(=O)CC4(CNC(=O)c5cc(NC(=O)c6nc(NC(=O)CCC(=O)Nc7cc(NC(=O)c8nccn8C)cn7C)cn6C)cn5C)CC4)cn3C)cn2C)cn1C. The quantitative estimate of drug-likeness (QED) is 0.0392. The number of anilines is 7. The number of carbonyl (C=O) groups is 10. The van der Waals surface area contributed by atoms with Gasteiger partial charge in [0.05, 0.1) is 17.1 Å². The van der Waals surface area contributed by atoms with Gasteiger partial charge in [-0.1, -0.05) is 6.92 Å². The Balaban J connectivity index is 0.731. The smallest absolute Gasteiger partial charge is 0.291 e. The van der Waals surface area contributed by atoms with E-state index in [9.17, 15) is 47.9 Å². The second kappa shape index (κ2) is 25.4. The molecule has 10 amide bonds. The van der Waals surface area contributed by atoms with Crippen LogP contribution < -0.4 is 53.2 Å². The van der Waals surface area contributed by atoms with Gasteiger partial charge in [-0.25, -0.2) is 19.9 Å². The maximum absolute atomic E-state index is 13.4. The van der Waals surface area contributed by atoms with E-state index < -0.39 is 52.7 Å². The molecule has 7 heterocycles. The van der Waals surface area contributed by atoms with E-state index >= 15 is 0 Å². The number of nitrogens with zero attached hydrogens (tertiary/aromatic N) is 11. The second-order valence-corrected chi connectivity index (χ2v) is 20.4. The molecule has 0 spiro atoms. The van der Waals surface area contributed by atoms with Gasteiger partial charge in [-0.2, -0.15) is 0 Å². The minimum absolute atomic E-state index is 0.0188. The molecule has 1 aliphatic carbocycles. The van der Waals surface area contributed by atoms with Crippen LogP contribution >= 0.6 is 0 Å². The minimum Gasteiger partial charge on any atom is -0.350 e. The van der Waals surface area contributed by atoms with E-state index in [0.29, 0.717) is 42.3 Å². The molecule has 0 unspecified atom stereocenters. The number of hydrogen-bond donors (Lipinski definition) is 10. The fourth-order valence-corrected chi connectivity index (χ4v) is 8.85. The van der Waals surface area contributed by atoms with Crippen molar-refractivity contribution in [3.05, 3.63) is 102 Å². The van der Waals surface area contributed by atoms with Gasteiger partial charge in [0.1, 0.15) is 17.2 Å². The summed E-state index contributed by atoms with van der Waals surface area (Å²) in [4.78, 5) is 146. The van der Waals surface area contributed by atoms with Crippen LogP contribution in [0.25, 0.3) is 0 Å². The van der Waals surface area contributed by atoms with Crippen molar-refractivity contribution in [3.8, 4) is 0 Å². The minimum atomic E-state index is -0.629. The molecule has 0 atom stereocenters. The van der Waals surface area contributed by atoms with Gasteiger partial charge in [0, 0.05) is 150 Å². The number of carbonyl (C=O) groups excluding carboxylic acids is 10. The zero-order valence-electron chi connectivity index (χ0n) is 47.4. The van der Waals surface area contributed by atoms with E-state index in [2.05, 4.69) is 73.1 Å². The Hall–Kier alpha value is -10.6. The van der Waals surface area contributed by atoms with Crippen LogP contribution in [0.5, 0.6) is 0 Å². The highest BCUT2D eigenvalue weighted by atomic mass is 16.2. The molecule has 0 aromatic carbocycles. The van der Waals surface area contributed by atoms with Crippen LogP contribution in [-0.2, 0) is 68.5 Å². The van der Waals surface area contributed by atoms with Gasteiger partial charge in [0.15, 0.2) is 23.3 Å². The molecule has 31 nitrogen and oxygen atoms in total. The topological polar surface area (TPSA) is 377 Å². The Kier molecular flexibility index (Phi) is 18.0. The molecule has 1 saturated carbocycles. The van der Waals surface area contributed by atoms with Crippen LogP contribution in [0.2, 0.25) is 0 Å². The van der Waals surface area contributed by atoms with E-state index in [1.165, 1.54) is 59.8 Å². The lowest BCUT2D eigenvalue weighted by Crippen LogP contribution is -2.33. The predicted octanol–water partition coefficient (Wildman–Crippen LogP) is 2.19. The normalized spacial score (nSPS) is 12.2. The van der Waals surface area contributed by atoms with Crippen molar-refractivity contribution in [3.63, 3.8) is 0 Å². The molecule has 8 rings (SSSR count). The van der Waals surface area contributed by atoms with Gasteiger partial charge in [0.2, 0.25) is 41.1 Å². The van der Waals surface area contributed by atoms with Crippen molar-refractivity contribution in [2.75, 3.05) is 56.9 Å². The fraction of sp³-hybridized carbons (Fsp3) is 0.358. The highest BCUT2D eigenvalue weighted by Gasteiger charge is 2.44. The molecular weight excluding hydrogens is 1090 g/mol. The maximum Gasteiger partial charge on any atom is 0.291 e. The van der Waals surface area contributed by atoms with Crippen molar-refractivity contribution in [1.82, 2.24) is 67.9 Å². The maximum atomic E-state index is 13.4.